The smallest absolute Gasteiger partial charge is 0.251 e. The Morgan fingerprint density at radius 1 is 1.40 bits per heavy atom. The zero-order valence-corrected chi connectivity index (χ0v) is 14.8. The summed E-state index contributed by atoms with van der Waals surface area (Å²) in [7, 11) is 3.90. The highest BCUT2D eigenvalue weighted by Gasteiger charge is 2.28. The SMILES string of the molecule is CC[C@@H](O)C(=O)N1CCc2c(nc(-c3cccnc3)nc2N(C)C)C1. The Hall–Kier alpha value is -2.54. The second kappa shape index (κ2) is 7.14. The number of hydrogen-bond donors (Lipinski definition) is 1. The normalized spacial score (nSPS) is 14.8. The molecule has 1 amide bonds. The molecule has 0 fully saturated rings. The lowest BCUT2D eigenvalue weighted by Gasteiger charge is -2.31. The highest BCUT2D eigenvalue weighted by Crippen LogP contribution is 2.28. The van der Waals surface area contributed by atoms with Gasteiger partial charge in [-0.1, -0.05) is 6.92 Å². The Labute approximate surface area is 147 Å². The fourth-order valence-corrected chi connectivity index (χ4v) is 2.98. The summed E-state index contributed by atoms with van der Waals surface area (Å²) in [6.45, 7) is 2.76. The first-order valence-corrected chi connectivity index (χ1v) is 8.45. The summed E-state index contributed by atoms with van der Waals surface area (Å²) in [6.07, 6.45) is 3.58. The van der Waals surface area contributed by atoms with Crippen molar-refractivity contribution in [1.29, 1.82) is 0 Å². The minimum atomic E-state index is -0.950. The molecule has 7 heteroatoms. The van der Waals surface area contributed by atoms with Crippen LogP contribution in [0.1, 0.15) is 24.6 Å². The lowest BCUT2D eigenvalue weighted by Crippen LogP contribution is -2.42. The molecule has 1 aliphatic heterocycles. The van der Waals surface area contributed by atoms with Gasteiger partial charge in [-0.3, -0.25) is 9.78 Å². The molecule has 1 N–H and O–H groups in total. The molecule has 0 aromatic carbocycles. The number of aliphatic hydroxyl groups is 1. The van der Waals surface area contributed by atoms with Gasteiger partial charge in [0.05, 0.1) is 12.2 Å². The van der Waals surface area contributed by atoms with Crippen molar-refractivity contribution in [2.24, 2.45) is 0 Å². The van der Waals surface area contributed by atoms with Crippen molar-refractivity contribution in [3.8, 4) is 11.4 Å². The Morgan fingerprint density at radius 3 is 2.84 bits per heavy atom. The highest BCUT2D eigenvalue weighted by molar-refractivity contribution is 5.81. The number of carbonyl (C=O) groups is 1. The van der Waals surface area contributed by atoms with Crippen molar-refractivity contribution in [3.63, 3.8) is 0 Å². The fourth-order valence-electron chi connectivity index (χ4n) is 2.98. The van der Waals surface area contributed by atoms with E-state index in [1.165, 1.54) is 0 Å². The first-order valence-electron chi connectivity index (χ1n) is 8.45. The van der Waals surface area contributed by atoms with Gasteiger partial charge in [0.2, 0.25) is 0 Å². The summed E-state index contributed by atoms with van der Waals surface area (Å²) in [5.74, 6) is 1.23. The van der Waals surface area contributed by atoms with Gasteiger partial charge in [-0.2, -0.15) is 0 Å². The summed E-state index contributed by atoms with van der Waals surface area (Å²) in [5, 5.41) is 9.86. The van der Waals surface area contributed by atoms with Gasteiger partial charge in [0.15, 0.2) is 5.82 Å². The summed E-state index contributed by atoms with van der Waals surface area (Å²) in [5.41, 5.74) is 2.73. The Balaban J connectivity index is 2.00. The van der Waals surface area contributed by atoms with Crippen LogP contribution in [0.2, 0.25) is 0 Å². The molecule has 3 rings (SSSR count). The molecule has 2 aromatic rings. The van der Waals surface area contributed by atoms with Gasteiger partial charge >= 0.3 is 0 Å². The van der Waals surface area contributed by atoms with E-state index in [1.807, 2.05) is 31.1 Å². The Morgan fingerprint density at radius 2 is 2.20 bits per heavy atom. The summed E-state index contributed by atoms with van der Waals surface area (Å²) >= 11 is 0. The average Bonchev–Trinajstić information content (AvgIpc) is 2.65. The molecule has 0 bridgehead atoms. The van der Waals surface area contributed by atoms with E-state index in [-0.39, 0.29) is 5.91 Å². The molecule has 25 heavy (non-hydrogen) atoms. The summed E-state index contributed by atoms with van der Waals surface area (Å²) in [4.78, 5) is 29.5. The molecular formula is C18H23N5O2. The topological polar surface area (TPSA) is 82.4 Å². The maximum Gasteiger partial charge on any atom is 0.251 e. The van der Waals surface area contributed by atoms with Crippen LogP contribution >= 0.6 is 0 Å². The molecule has 0 radical (unpaired) electrons. The van der Waals surface area contributed by atoms with Gasteiger partial charge < -0.3 is 14.9 Å². The first-order chi connectivity index (χ1) is 12.0. The number of anilines is 1. The van der Waals surface area contributed by atoms with E-state index < -0.39 is 6.10 Å². The van der Waals surface area contributed by atoms with Gasteiger partial charge in [-0.05, 0) is 25.0 Å². The maximum atomic E-state index is 12.3. The second-order valence-corrected chi connectivity index (χ2v) is 6.37. The molecule has 0 unspecified atom stereocenters. The molecule has 0 saturated heterocycles. The van der Waals surface area contributed by atoms with Crippen LogP contribution in [0, 0.1) is 0 Å². The van der Waals surface area contributed by atoms with Crippen LogP contribution in [0.15, 0.2) is 24.5 Å². The van der Waals surface area contributed by atoms with E-state index in [2.05, 4.69) is 4.98 Å². The summed E-state index contributed by atoms with van der Waals surface area (Å²) < 4.78 is 0. The monoisotopic (exact) mass is 341 g/mol. The molecule has 2 aromatic heterocycles. The van der Waals surface area contributed by atoms with E-state index in [1.54, 1.807) is 24.2 Å². The van der Waals surface area contributed by atoms with Crippen molar-refractivity contribution in [3.05, 3.63) is 35.8 Å². The molecule has 7 nitrogen and oxygen atoms in total. The number of carbonyl (C=O) groups excluding carboxylic acids is 1. The van der Waals surface area contributed by atoms with E-state index in [0.717, 1.165) is 22.6 Å². The van der Waals surface area contributed by atoms with Crippen LogP contribution in [0.5, 0.6) is 0 Å². The molecule has 132 valence electrons. The van der Waals surface area contributed by atoms with Gasteiger partial charge in [-0.25, -0.2) is 9.97 Å². The van der Waals surface area contributed by atoms with Crippen LogP contribution in [-0.4, -0.2) is 57.6 Å². The van der Waals surface area contributed by atoms with Crippen molar-refractivity contribution in [2.75, 3.05) is 25.5 Å². The largest absolute Gasteiger partial charge is 0.383 e. The molecule has 1 aliphatic rings. The number of nitrogens with zero attached hydrogens (tertiary/aromatic N) is 5. The number of rotatable bonds is 4. The second-order valence-electron chi connectivity index (χ2n) is 6.37. The standard InChI is InChI=1S/C18H23N5O2/c1-4-15(24)18(25)23-9-7-13-14(11-23)20-16(21-17(13)22(2)3)12-6-5-8-19-10-12/h5-6,8,10,15,24H,4,7,9,11H2,1-3H3/t15-/m1/s1. The number of hydrogen-bond acceptors (Lipinski definition) is 6. The molecule has 0 saturated carbocycles. The van der Waals surface area contributed by atoms with Gasteiger partial charge in [0.25, 0.3) is 5.91 Å². The van der Waals surface area contributed by atoms with Gasteiger partial charge in [0, 0.05) is 44.2 Å². The highest BCUT2D eigenvalue weighted by atomic mass is 16.3. The first kappa shape index (κ1) is 17.3. The van der Waals surface area contributed by atoms with Crippen molar-refractivity contribution < 1.29 is 9.90 Å². The van der Waals surface area contributed by atoms with E-state index in [4.69, 9.17) is 9.97 Å². The van der Waals surface area contributed by atoms with Crippen LogP contribution < -0.4 is 4.90 Å². The van der Waals surface area contributed by atoms with E-state index >= 15 is 0 Å². The summed E-state index contributed by atoms with van der Waals surface area (Å²) in [6, 6.07) is 3.77. The third kappa shape index (κ3) is 3.46. The average molecular weight is 341 g/mol. The van der Waals surface area contributed by atoms with E-state index in [9.17, 15) is 9.90 Å². The maximum absolute atomic E-state index is 12.3. The van der Waals surface area contributed by atoms with Crippen LogP contribution in [0.4, 0.5) is 5.82 Å². The minimum Gasteiger partial charge on any atom is -0.383 e. The molecule has 3 heterocycles. The molecule has 0 spiro atoms. The predicted molar refractivity (Wildman–Crippen MR) is 95.0 cm³/mol. The quantitative estimate of drug-likeness (QED) is 0.901. The molecule has 0 aliphatic carbocycles. The van der Waals surface area contributed by atoms with E-state index in [0.29, 0.717) is 31.8 Å². The van der Waals surface area contributed by atoms with Gasteiger partial charge in [-0.15, -0.1) is 0 Å². The number of aliphatic hydroxyl groups excluding tert-OH is 1. The third-order valence-electron chi connectivity index (χ3n) is 4.37. The fraction of sp³-hybridized carbons (Fsp3) is 0.444. The number of aromatic nitrogens is 3. The Kier molecular flexibility index (Phi) is 4.94. The number of fused-ring (bicyclic) bond motifs is 1. The predicted octanol–water partition coefficient (Wildman–Crippen LogP) is 1.26. The van der Waals surface area contributed by atoms with Crippen molar-refractivity contribution >= 4 is 11.7 Å². The zero-order chi connectivity index (χ0) is 18.0. The molecule has 1 atom stereocenters. The van der Waals surface area contributed by atoms with Crippen LogP contribution in [0.3, 0.4) is 0 Å². The Bertz CT molecular complexity index is 764. The minimum absolute atomic E-state index is 0.235. The molecular weight excluding hydrogens is 318 g/mol. The third-order valence-corrected chi connectivity index (χ3v) is 4.37. The van der Waals surface area contributed by atoms with Crippen LogP contribution in [0.25, 0.3) is 11.4 Å². The lowest BCUT2D eigenvalue weighted by atomic mass is 10.0. The van der Waals surface area contributed by atoms with Crippen molar-refractivity contribution in [2.45, 2.75) is 32.4 Å². The van der Waals surface area contributed by atoms with Gasteiger partial charge in [0.1, 0.15) is 11.9 Å². The zero-order valence-electron chi connectivity index (χ0n) is 14.8. The van der Waals surface area contributed by atoms with Crippen molar-refractivity contribution in [1.82, 2.24) is 19.9 Å². The van der Waals surface area contributed by atoms with Crippen LogP contribution in [-0.2, 0) is 17.8 Å². The number of amides is 1. The number of pyridine rings is 1. The lowest BCUT2D eigenvalue weighted by molar-refractivity contribution is -0.141.